The Labute approximate surface area is 210 Å². The van der Waals surface area contributed by atoms with Crippen LogP contribution in [0, 0.1) is 5.82 Å². The Kier molecular flexibility index (Phi) is 7.27. The number of aromatic nitrogens is 4. The van der Waals surface area contributed by atoms with Crippen LogP contribution in [-0.2, 0) is 24.1 Å². The summed E-state index contributed by atoms with van der Waals surface area (Å²) >= 11 is 0. The minimum absolute atomic E-state index is 0.180. The lowest BCUT2D eigenvalue weighted by molar-refractivity contribution is -0.132. The van der Waals surface area contributed by atoms with Gasteiger partial charge in [-0.3, -0.25) is 14.1 Å². The molecular formula is C27H33FN6O2. The van der Waals surface area contributed by atoms with Crippen LogP contribution in [-0.4, -0.2) is 74.6 Å². The van der Waals surface area contributed by atoms with Crippen molar-refractivity contribution < 1.29 is 13.9 Å². The lowest BCUT2D eigenvalue weighted by Gasteiger charge is -2.25. The summed E-state index contributed by atoms with van der Waals surface area (Å²) in [5.74, 6) is 1.56. The van der Waals surface area contributed by atoms with Crippen molar-refractivity contribution in [2.24, 2.45) is 0 Å². The van der Waals surface area contributed by atoms with E-state index in [0.717, 1.165) is 72.8 Å². The molecule has 0 fully saturated rings. The molecule has 9 heteroatoms. The molecule has 1 aromatic carbocycles. The minimum Gasteiger partial charge on any atom is -0.493 e. The molecule has 2 aliphatic rings. The van der Waals surface area contributed by atoms with E-state index in [1.165, 1.54) is 6.07 Å². The number of amides is 1. The minimum atomic E-state index is -0.195. The van der Waals surface area contributed by atoms with Crippen LogP contribution in [0.25, 0.3) is 11.2 Å². The summed E-state index contributed by atoms with van der Waals surface area (Å²) in [7, 11) is 0. The molecule has 0 unspecified atom stereocenters. The SMILES string of the molecule is CCN(CC)CC(=O)N1CCC=C(c2cnc(CCc3c(F)ccc4c3CCO4)n3cnnc23)CC1. The highest BCUT2D eigenvalue weighted by atomic mass is 19.1. The first-order chi connectivity index (χ1) is 17.6. The van der Waals surface area contributed by atoms with Gasteiger partial charge in [-0.25, -0.2) is 9.37 Å². The van der Waals surface area contributed by atoms with E-state index in [0.29, 0.717) is 38.1 Å². The maximum absolute atomic E-state index is 14.6. The number of likely N-dealkylation sites (N-methyl/N-ethyl adjacent to an activating group) is 1. The van der Waals surface area contributed by atoms with E-state index in [4.69, 9.17) is 9.72 Å². The van der Waals surface area contributed by atoms with Crippen molar-refractivity contribution in [1.29, 1.82) is 0 Å². The first-order valence-electron chi connectivity index (χ1n) is 12.9. The quantitative estimate of drug-likeness (QED) is 0.480. The van der Waals surface area contributed by atoms with Crippen molar-refractivity contribution in [3.05, 3.63) is 59.1 Å². The summed E-state index contributed by atoms with van der Waals surface area (Å²) in [6.07, 6.45) is 9.09. The molecule has 2 aromatic heterocycles. The molecule has 0 aliphatic carbocycles. The first kappa shape index (κ1) is 24.4. The first-order valence-corrected chi connectivity index (χ1v) is 12.9. The third-order valence-electron chi connectivity index (χ3n) is 7.34. The lowest BCUT2D eigenvalue weighted by atomic mass is 9.99. The Morgan fingerprint density at radius 2 is 2.03 bits per heavy atom. The molecule has 0 N–H and O–H groups in total. The maximum atomic E-state index is 14.6. The van der Waals surface area contributed by atoms with Crippen molar-refractivity contribution in [1.82, 2.24) is 29.4 Å². The van der Waals surface area contributed by atoms with Crippen LogP contribution >= 0.6 is 0 Å². The van der Waals surface area contributed by atoms with Gasteiger partial charge in [-0.1, -0.05) is 19.9 Å². The van der Waals surface area contributed by atoms with Gasteiger partial charge in [0.2, 0.25) is 5.91 Å². The Balaban J connectivity index is 1.31. The van der Waals surface area contributed by atoms with Crippen molar-refractivity contribution >= 4 is 17.1 Å². The molecule has 0 saturated carbocycles. The third-order valence-corrected chi connectivity index (χ3v) is 7.34. The smallest absolute Gasteiger partial charge is 0.236 e. The molecule has 0 atom stereocenters. The average Bonchev–Trinajstić information content (AvgIpc) is 3.51. The van der Waals surface area contributed by atoms with Crippen LogP contribution < -0.4 is 4.74 Å². The van der Waals surface area contributed by atoms with Gasteiger partial charge < -0.3 is 9.64 Å². The number of rotatable bonds is 8. The number of carbonyl (C=O) groups is 1. The van der Waals surface area contributed by atoms with Crippen LogP contribution in [0.15, 0.2) is 30.7 Å². The number of nitrogens with zero attached hydrogens (tertiary/aromatic N) is 6. The molecule has 1 amide bonds. The molecular weight excluding hydrogens is 459 g/mol. The summed E-state index contributed by atoms with van der Waals surface area (Å²) in [4.78, 5) is 21.7. The zero-order valence-electron chi connectivity index (χ0n) is 21.0. The van der Waals surface area contributed by atoms with Gasteiger partial charge in [-0.15, -0.1) is 10.2 Å². The van der Waals surface area contributed by atoms with E-state index < -0.39 is 0 Å². The number of hydrogen-bond donors (Lipinski definition) is 0. The van der Waals surface area contributed by atoms with Crippen LogP contribution in [0.1, 0.15) is 49.2 Å². The van der Waals surface area contributed by atoms with Crippen molar-refractivity contribution in [3.63, 3.8) is 0 Å². The van der Waals surface area contributed by atoms with Crippen molar-refractivity contribution in [2.45, 2.75) is 46.0 Å². The van der Waals surface area contributed by atoms with Gasteiger partial charge >= 0.3 is 0 Å². The highest BCUT2D eigenvalue weighted by Crippen LogP contribution is 2.31. The summed E-state index contributed by atoms with van der Waals surface area (Å²) in [6.45, 7) is 8.36. The molecule has 36 heavy (non-hydrogen) atoms. The predicted molar refractivity (Wildman–Crippen MR) is 135 cm³/mol. The molecule has 0 saturated heterocycles. The fraction of sp³-hybridized carbons (Fsp3) is 0.481. The monoisotopic (exact) mass is 492 g/mol. The van der Waals surface area contributed by atoms with Crippen LogP contribution in [0.4, 0.5) is 4.39 Å². The van der Waals surface area contributed by atoms with E-state index >= 15 is 0 Å². The van der Waals surface area contributed by atoms with Crippen molar-refractivity contribution in [3.8, 4) is 5.75 Å². The Hall–Kier alpha value is -3.33. The molecule has 3 aromatic rings. The van der Waals surface area contributed by atoms with Gasteiger partial charge in [0.25, 0.3) is 0 Å². The van der Waals surface area contributed by atoms with Gasteiger partial charge in [0.05, 0.1) is 13.2 Å². The molecule has 0 radical (unpaired) electrons. The molecule has 2 aliphatic heterocycles. The lowest BCUT2D eigenvalue weighted by Crippen LogP contribution is -2.40. The second kappa shape index (κ2) is 10.7. The summed E-state index contributed by atoms with van der Waals surface area (Å²) in [5.41, 5.74) is 4.49. The van der Waals surface area contributed by atoms with E-state index in [2.05, 4.69) is 35.0 Å². The van der Waals surface area contributed by atoms with Crippen LogP contribution in [0.5, 0.6) is 5.75 Å². The fourth-order valence-electron chi connectivity index (χ4n) is 5.20. The molecule has 8 nitrogen and oxygen atoms in total. The molecule has 5 rings (SSSR count). The number of carbonyl (C=O) groups excluding carboxylic acids is 1. The highest BCUT2D eigenvalue weighted by molar-refractivity contribution is 5.80. The van der Waals surface area contributed by atoms with Crippen LogP contribution in [0.2, 0.25) is 0 Å². The molecule has 0 spiro atoms. The molecule has 0 bridgehead atoms. The average molecular weight is 493 g/mol. The zero-order valence-corrected chi connectivity index (χ0v) is 21.0. The van der Waals surface area contributed by atoms with E-state index in [9.17, 15) is 9.18 Å². The maximum Gasteiger partial charge on any atom is 0.236 e. The highest BCUT2D eigenvalue weighted by Gasteiger charge is 2.22. The number of halogens is 1. The summed E-state index contributed by atoms with van der Waals surface area (Å²) in [6, 6.07) is 3.20. The Bertz CT molecular complexity index is 1280. The van der Waals surface area contributed by atoms with Crippen LogP contribution in [0.3, 0.4) is 0 Å². The Morgan fingerprint density at radius 1 is 1.17 bits per heavy atom. The van der Waals surface area contributed by atoms with Gasteiger partial charge in [0.1, 0.15) is 23.7 Å². The summed E-state index contributed by atoms with van der Waals surface area (Å²) < 4.78 is 22.1. The second-order valence-corrected chi connectivity index (χ2v) is 9.32. The number of fused-ring (bicyclic) bond motifs is 2. The number of ether oxygens (including phenoxy) is 1. The molecule has 190 valence electrons. The van der Waals surface area contributed by atoms with Gasteiger partial charge in [-0.2, -0.15) is 0 Å². The fourth-order valence-corrected chi connectivity index (χ4v) is 5.20. The Morgan fingerprint density at radius 3 is 2.86 bits per heavy atom. The van der Waals surface area contributed by atoms with Gasteiger partial charge in [0, 0.05) is 43.3 Å². The topological polar surface area (TPSA) is 75.9 Å². The summed E-state index contributed by atoms with van der Waals surface area (Å²) in [5, 5.41) is 8.53. The predicted octanol–water partition coefficient (Wildman–Crippen LogP) is 3.33. The number of hydrogen-bond acceptors (Lipinski definition) is 6. The third kappa shape index (κ3) is 4.84. The largest absolute Gasteiger partial charge is 0.493 e. The zero-order chi connectivity index (χ0) is 25.1. The van der Waals surface area contributed by atoms with E-state index in [1.807, 2.05) is 15.5 Å². The normalized spacial score (nSPS) is 15.7. The number of aryl methyl sites for hydroxylation is 1. The van der Waals surface area contributed by atoms with Crippen molar-refractivity contribution in [2.75, 3.05) is 39.3 Å². The number of benzene rings is 1. The van der Waals surface area contributed by atoms with Gasteiger partial charge in [-0.05, 0) is 55.6 Å². The van der Waals surface area contributed by atoms with Gasteiger partial charge in [0.15, 0.2) is 5.65 Å². The second-order valence-electron chi connectivity index (χ2n) is 9.32. The molecule has 4 heterocycles. The standard InChI is InChI=1S/C27H33FN6O2/c1-3-32(4-2)17-26(35)33-13-5-6-19(11-14-33)22-16-29-25(34-18-30-31-27(22)34)10-7-20-21-12-15-36-24(21)9-8-23(20)28/h6,8-9,16,18H,3-5,7,10-15,17H2,1-2H3. The van der Waals surface area contributed by atoms with E-state index in [1.54, 1.807) is 12.4 Å². The van der Waals surface area contributed by atoms with E-state index in [-0.39, 0.29) is 11.7 Å².